The number of anilines is 1. The molecule has 1 aromatic carbocycles. The fourth-order valence-electron chi connectivity index (χ4n) is 1.74. The van der Waals surface area contributed by atoms with Crippen molar-refractivity contribution in [1.82, 2.24) is 10.2 Å². The maximum Gasteiger partial charge on any atom is 0.242 e. The van der Waals surface area contributed by atoms with Crippen LogP contribution in [0.5, 0.6) is 0 Å². The molecule has 1 fully saturated rings. The minimum atomic E-state index is -0.0999. The Balaban J connectivity index is 1.86. The Hall–Kier alpha value is -1.56. The van der Waals surface area contributed by atoms with Crippen LogP contribution in [-0.4, -0.2) is 42.9 Å². The lowest BCUT2D eigenvalue weighted by Crippen LogP contribution is -2.51. The number of nitrogens with one attached hydrogen (secondary N) is 2. The highest BCUT2D eigenvalue weighted by Crippen LogP contribution is 2.15. The van der Waals surface area contributed by atoms with E-state index in [1.807, 2.05) is 24.3 Å². The molecule has 6 heteroatoms. The van der Waals surface area contributed by atoms with E-state index in [1.54, 1.807) is 4.90 Å². The molecular weight excluding hydrogens is 298 g/mol. The molecule has 0 spiro atoms. The van der Waals surface area contributed by atoms with E-state index in [-0.39, 0.29) is 24.9 Å². The summed E-state index contributed by atoms with van der Waals surface area (Å²) >= 11 is 3.37. The van der Waals surface area contributed by atoms with Gasteiger partial charge in [0.1, 0.15) is 0 Å². The molecule has 0 radical (unpaired) electrons. The summed E-state index contributed by atoms with van der Waals surface area (Å²) in [7, 11) is 0. The second-order valence-electron chi connectivity index (χ2n) is 4.03. The Morgan fingerprint density at radius 2 is 2.33 bits per heavy atom. The zero-order valence-corrected chi connectivity index (χ0v) is 11.4. The number of benzene rings is 1. The molecule has 0 atom stereocenters. The van der Waals surface area contributed by atoms with E-state index >= 15 is 0 Å². The number of carbonyl (C=O) groups is 2. The summed E-state index contributed by atoms with van der Waals surface area (Å²) in [6.07, 6.45) is 0. The summed E-state index contributed by atoms with van der Waals surface area (Å²) in [5.74, 6) is -0.165. The SMILES string of the molecule is O=C1CN(C(=O)CNc2cccc(Br)c2)CCN1. The minimum absolute atomic E-state index is 0.0650. The molecule has 0 aliphatic carbocycles. The van der Waals surface area contributed by atoms with Gasteiger partial charge in [-0.25, -0.2) is 0 Å². The molecule has 2 N–H and O–H groups in total. The van der Waals surface area contributed by atoms with Gasteiger partial charge in [-0.1, -0.05) is 22.0 Å². The lowest BCUT2D eigenvalue weighted by atomic mass is 10.3. The van der Waals surface area contributed by atoms with Gasteiger partial charge in [0.15, 0.2) is 0 Å². The van der Waals surface area contributed by atoms with Crippen LogP contribution in [0.15, 0.2) is 28.7 Å². The number of hydrogen-bond donors (Lipinski definition) is 2. The molecule has 0 bridgehead atoms. The van der Waals surface area contributed by atoms with Crippen LogP contribution in [0.25, 0.3) is 0 Å². The van der Waals surface area contributed by atoms with E-state index in [0.717, 1.165) is 10.2 Å². The molecule has 18 heavy (non-hydrogen) atoms. The summed E-state index contributed by atoms with van der Waals surface area (Å²) in [5.41, 5.74) is 0.874. The molecule has 2 amide bonds. The molecule has 1 heterocycles. The number of nitrogens with zero attached hydrogens (tertiary/aromatic N) is 1. The van der Waals surface area contributed by atoms with Gasteiger partial charge in [-0.15, -0.1) is 0 Å². The van der Waals surface area contributed by atoms with Crippen molar-refractivity contribution < 1.29 is 9.59 Å². The molecule has 5 nitrogen and oxygen atoms in total. The van der Waals surface area contributed by atoms with E-state index < -0.39 is 0 Å². The van der Waals surface area contributed by atoms with Crippen LogP contribution >= 0.6 is 15.9 Å². The number of amides is 2. The van der Waals surface area contributed by atoms with Gasteiger partial charge >= 0.3 is 0 Å². The van der Waals surface area contributed by atoms with Crippen molar-refractivity contribution in [2.24, 2.45) is 0 Å². The highest BCUT2D eigenvalue weighted by molar-refractivity contribution is 9.10. The average Bonchev–Trinajstić information content (AvgIpc) is 2.36. The zero-order chi connectivity index (χ0) is 13.0. The van der Waals surface area contributed by atoms with Crippen molar-refractivity contribution in [2.75, 3.05) is 31.5 Å². The first-order chi connectivity index (χ1) is 8.65. The lowest BCUT2D eigenvalue weighted by molar-refractivity contribution is -0.136. The first kappa shape index (κ1) is 12.9. The first-order valence-electron chi connectivity index (χ1n) is 5.69. The normalized spacial score (nSPS) is 15.2. The largest absolute Gasteiger partial charge is 0.376 e. The van der Waals surface area contributed by atoms with Crippen molar-refractivity contribution in [2.45, 2.75) is 0 Å². The van der Waals surface area contributed by atoms with E-state index in [9.17, 15) is 9.59 Å². The first-order valence-corrected chi connectivity index (χ1v) is 6.48. The Labute approximate surface area is 114 Å². The van der Waals surface area contributed by atoms with Crippen molar-refractivity contribution in [3.8, 4) is 0 Å². The van der Waals surface area contributed by atoms with E-state index in [1.165, 1.54) is 0 Å². The number of piperazine rings is 1. The number of halogens is 1. The van der Waals surface area contributed by atoms with Gasteiger partial charge in [-0.3, -0.25) is 9.59 Å². The predicted molar refractivity (Wildman–Crippen MR) is 72.2 cm³/mol. The smallest absolute Gasteiger partial charge is 0.242 e. The van der Waals surface area contributed by atoms with E-state index in [4.69, 9.17) is 0 Å². The summed E-state index contributed by atoms with van der Waals surface area (Å²) in [6, 6.07) is 7.60. The molecule has 0 unspecified atom stereocenters. The maximum absolute atomic E-state index is 11.9. The van der Waals surface area contributed by atoms with Crippen molar-refractivity contribution >= 4 is 33.4 Å². The summed E-state index contributed by atoms with van der Waals surface area (Å²) in [5, 5.41) is 5.73. The third-order valence-corrected chi connectivity index (χ3v) is 3.15. The third-order valence-electron chi connectivity index (χ3n) is 2.66. The topological polar surface area (TPSA) is 61.4 Å². The van der Waals surface area contributed by atoms with Crippen molar-refractivity contribution in [3.63, 3.8) is 0 Å². The molecule has 2 rings (SSSR count). The van der Waals surface area contributed by atoms with Crippen molar-refractivity contribution in [1.29, 1.82) is 0 Å². The van der Waals surface area contributed by atoms with Gasteiger partial charge in [0, 0.05) is 23.2 Å². The summed E-state index contributed by atoms with van der Waals surface area (Å²) in [4.78, 5) is 24.6. The second-order valence-corrected chi connectivity index (χ2v) is 4.94. The fourth-order valence-corrected chi connectivity index (χ4v) is 2.14. The maximum atomic E-state index is 11.9. The highest BCUT2D eigenvalue weighted by Gasteiger charge is 2.20. The van der Waals surface area contributed by atoms with Gasteiger partial charge in [-0.2, -0.15) is 0 Å². The van der Waals surface area contributed by atoms with Crippen LogP contribution in [0.2, 0.25) is 0 Å². The molecule has 1 aromatic rings. The van der Waals surface area contributed by atoms with Gasteiger partial charge in [0.2, 0.25) is 11.8 Å². The second kappa shape index (κ2) is 5.86. The van der Waals surface area contributed by atoms with Crippen molar-refractivity contribution in [3.05, 3.63) is 28.7 Å². The van der Waals surface area contributed by atoms with Crippen LogP contribution in [0, 0.1) is 0 Å². The molecule has 1 aliphatic heterocycles. The van der Waals surface area contributed by atoms with Crippen LogP contribution in [0.1, 0.15) is 0 Å². The average molecular weight is 312 g/mol. The molecule has 96 valence electrons. The number of hydrogen-bond acceptors (Lipinski definition) is 3. The lowest BCUT2D eigenvalue weighted by Gasteiger charge is -2.26. The van der Waals surface area contributed by atoms with E-state index in [0.29, 0.717) is 13.1 Å². The van der Waals surface area contributed by atoms with Gasteiger partial charge in [0.25, 0.3) is 0 Å². The Morgan fingerprint density at radius 1 is 1.50 bits per heavy atom. The fraction of sp³-hybridized carbons (Fsp3) is 0.333. The molecule has 0 saturated carbocycles. The zero-order valence-electron chi connectivity index (χ0n) is 9.78. The predicted octanol–water partition coefficient (Wildman–Crippen LogP) is 0.819. The van der Waals surface area contributed by atoms with Crippen LogP contribution in [-0.2, 0) is 9.59 Å². The third kappa shape index (κ3) is 3.46. The Kier molecular flexibility index (Phi) is 4.19. The van der Waals surface area contributed by atoms with Gasteiger partial charge in [-0.05, 0) is 18.2 Å². The molecular formula is C12H14BrN3O2. The highest BCUT2D eigenvalue weighted by atomic mass is 79.9. The van der Waals surface area contributed by atoms with Gasteiger partial charge in [0.05, 0.1) is 13.1 Å². The van der Waals surface area contributed by atoms with Crippen LogP contribution in [0.3, 0.4) is 0 Å². The van der Waals surface area contributed by atoms with E-state index in [2.05, 4.69) is 26.6 Å². The monoisotopic (exact) mass is 311 g/mol. The van der Waals surface area contributed by atoms with Crippen LogP contribution < -0.4 is 10.6 Å². The number of carbonyl (C=O) groups excluding carboxylic acids is 2. The Bertz CT molecular complexity index is 464. The molecule has 0 aromatic heterocycles. The standard InChI is InChI=1S/C12H14BrN3O2/c13-9-2-1-3-10(6-9)15-7-12(18)16-5-4-14-11(17)8-16/h1-3,6,15H,4-5,7-8H2,(H,14,17). The van der Waals surface area contributed by atoms with Crippen LogP contribution in [0.4, 0.5) is 5.69 Å². The Morgan fingerprint density at radius 3 is 3.06 bits per heavy atom. The minimum Gasteiger partial charge on any atom is -0.376 e. The quantitative estimate of drug-likeness (QED) is 0.869. The van der Waals surface area contributed by atoms with Gasteiger partial charge < -0.3 is 15.5 Å². The summed E-state index contributed by atoms with van der Waals surface area (Å²) < 4.78 is 0.956. The molecule has 1 saturated heterocycles. The summed E-state index contributed by atoms with van der Waals surface area (Å²) in [6.45, 7) is 1.45. The molecule has 1 aliphatic rings. The number of rotatable bonds is 3.